The minimum absolute atomic E-state index is 0.0129. The highest BCUT2D eigenvalue weighted by atomic mass is 35.5. The number of sulfone groups is 1. The molecule has 2 aromatic carbocycles. The van der Waals surface area contributed by atoms with Crippen LogP contribution in [0, 0.1) is 35.2 Å². The van der Waals surface area contributed by atoms with Gasteiger partial charge in [-0.05, 0) is 62.1 Å². The quantitative estimate of drug-likeness (QED) is 0.498. The van der Waals surface area contributed by atoms with Crippen LogP contribution in [0.2, 0.25) is 5.02 Å². The fraction of sp³-hybridized carbons (Fsp3) is 0.458. The highest BCUT2D eigenvalue weighted by Crippen LogP contribution is 2.54. The Kier molecular flexibility index (Phi) is 6.72. The summed E-state index contributed by atoms with van der Waals surface area (Å²) in [7, 11) is -4.06. The average molecular weight is 532 g/mol. The van der Waals surface area contributed by atoms with E-state index in [4.69, 9.17) is 11.6 Å². The van der Waals surface area contributed by atoms with E-state index >= 15 is 0 Å². The zero-order valence-electron chi connectivity index (χ0n) is 18.9. The molecule has 190 valence electrons. The normalized spacial score (nSPS) is 29.1. The Bertz CT molecular complexity index is 1260. The number of carbonyl (C=O) groups excluding carboxylic acids is 1. The summed E-state index contributed by atoms with van der Waals surface area (Å²) in [5.74, 6) is -6.36. The molecule has 4 rings (SSSR count). The van der Waals surface area contributed by atoms with Crippen LogP contribution >= 0.6 is 11.6 Å². The van der Waals surface area contributed by atoms with Gasteiger partial charge in [0.25, 0.3) is 5.91 Å². The Labute approximate surface area is 206 Å². The summed E-state index contributed by atoms with van der Waals surface area (Å²) in [6.07, 6.45) is -0.220. The molecule has 2 fully saturated rings. The van der Waals surface area contributed by atoms with E-state index in [1.807, 2.05) is 6.92 Å². The zero-order chi connectivity index (χ0) is 25.9. The number of nitrogens with one attached hydrogen (secondary N) is 1. The Morgan fingerprint density at radius 1 is 1.17 bits per heavy atom. The monoisotopic (exact) mass is 531 g/mol. The molecule has 0 heterocycles. The van der Waals surface area contributed by atoms with E-state index in [9.17, 15) is 36.6 Å². The maximum atomic E-state index is 13.8. The molecular formula is C24H25ClF3NO5S. The SMILES string of the molecule is CC(O)[C@@]1(O)CC2C[C@H](C)C(C1)[C@@H]2S(=O)(=O)c1cc(C(=O)Nc2cc(F)c(F)c(F)c2)ccc1Cl. The van der Waals surface area contributed by atoms with Crippen LogP contribution in [0.25, 0.3) is 0 Å². The van der Waals surface area contributed by atoms with Crippen molar-refractivity contribution < 1.29 is 36.6 Å². The van der Waals surface area contributed by atoms with E-state index in [1.165, 1.54) is 19.1 Å². The third-order valence-corrected chi connectivity index (χ3v) is 10.2. The van der Waals surface area contributed by atoms with Crippen molar-refractivity contribution in [2.75, 3.05) is 5.32 Å². The van der Waals surface area contributed by atoms with Crippen molar-refractivity contribution in [1.29, 1.82) is 0 Å². The first-order chi connectivity index (χ1) is 16.2. The van der Waals surface area contributed by atoms with E-state index < -0.39 is 62.0 Å². The topological polar surface area (TPSA) is 104 Å². The van der Waals surface area contributed by atoms with E-state index in [0.717, 1.165) is 6.07 Å². The molecule has 2 aliphatic carbocycles. The van der Waals surface area contributed by atoms with Crippen LogP contribution in [0.3, 0.4) is 0 Å². The van der Waals surface area contributed by atoms with Gasteiger partial charge in [0.2, 0.25) is 0 Å². The van der Waals surface area contributed by atoms with Crippen molar-refractivity contribution in [3.8, 4) is 0 Å². The van der Waals surface area contributed by atoms with Crippen LogP contribution in [0.5, 0.6) is 0 Å². The molecule has 6 atom stereocenters. The number of hydrogen-bond donors (Lipinski definition) is 3. The molecule has 0 aromatic heterocycles. The van der Waals surface area contributed by atoms with Gasteiger partial charge in [0, 0.05) is 23.4 Å². The molecule has 3 unspecified atom stereocenters. The van der Waals surface area contributed by atoms with Gasteiger partial charge in [-0.3, -0.25) is 4.79 Å². The predicted octanol–water partition coefficient (Wildman–Crippen LogP) is 4.33. The first-order valence-electron chi connectivity index (χ1n) is 11.1. The van der Waals surface area contributed by atoms with Crippen LogP contribution in [-0.4, -0.2) is 41.5 Å². The maximum absolute atomic E-state index is 13.8. The molecule has 35 heavy (non-hydrogen) atoms. The second-order valence-electron chi connectivity index (χ2n) is 9.69. The van der Waals surface area contributed by atoms with E-state index in [2.05, 4.69) is 5.32 Å². The Morgan fingerprint density at radius 2 is 1.80 bits per heavy atom. The van der Waals surface area contributed by atoms with Crippen LogP contribution in [0.4, 0.5) is 18.9 Å². The first kappa shape index (κ1) is 25.9. The fourth-order valence-electron chi connectivity index (χ4n) is 5.59. The zero-order valence-corrected chi connectivity index (χ0v) is 20.5. The van der Waals surface area contributed by atoms with Crippen molar-refractivity contribution in [2.45, 2.75) is 55.0 Å². The molecule has 1 amide bonds. The molecule has 2 saturated carbocycles. The standard InChI is InChI=1S/C24H25ClF3NO5S/c1-11-5-14-9-24(32,12(2)30)10-16(11)22(14)35(33,34)20-6-13(3-4-17(20)25)23(31)29-15-7-18(26)21(28)19(27)8-15/h3-4,6-8,11-12,14,16,22,30,32H,5,9-10H2,1-2H3,(H,29,31)/t11-,12?,14?,16?,22+,24+/m0/s1. The van der Waals surface area contributed by atoms with Gasteiger partial charge < -0.3 is 15.5 Å². The van der Waals surface area contributed by atoms with E-state index in [1.54, 1.807) is 0 Å². The molecule has 0 saturated heterocycles. The summed E-state index contributed by atoms with van der Waals surface area (Å²) in [6, 6.07) is 4.82. The minimum atomic E-state index is -4.06. The second-order valence-corrected chi connectivity index (χ2v) is 12.2. The summed E-state index contributed by atoms with van der Waals surface area (Å²) >= 11 is 6.24. The third-order valence-electron chi connectivity index (χ3n) is 7.37. The number of aliphatic hydroxyl groups is 2. The minimum Gasteiger partial charge on any atom is -0.390 e. The molecule has 11 heteroatoms. The predicted molar refractivity (Wildman–Crippen MR) is 123 cm³/mol. The Hall–Kier alpha value is -2.14. The molecule has 2 aliphatic rings. The Balaban J connectivity index is 1.65. The molecule has 0 radical (unpaired) electrons. The van der Waals surface area contributed by atoms with Gasteiger partial charge in [-0.25, -0.2) is 21.6 Å². The number of amides is 1. The molecular weight excluding hydrogens is 507 g/mol. The first-order valence-corrected chi connectivity index (χ1v) is 13.1. The number of fused-ring (bicyclic) bond motifs is 2. The van der Waals surface area contributed by atoms with Crippen LogP contribution in [-0.2, 0) is 9.84 Å². The summed E-state index contributed by atoms with van der Waals surface area (Å²) in [5, 5.41) is 22.2. The van der Waals surface area contributed by atoms with Crippen molar-refractivity contribution in [1.82, 2.24) is 0 Å². The Morgan fingerprint density at radius 3 is 2.37 bits per heavy atom. The lowest BCUT2D eigenvalue weighted by molar-refractivity contribution is -0.104. The molecule has 6 nitrogen and oxygen atoms in total. The van der Waals surface area contributed by atoms with Gasteiger partial charge >= 0.3 is 0 Å². The van der Waals surface area contributed by atoms with Gasteiger partial charge in [0.15, 0.2) is 27.3 Å². The smallest absolute Gasteiger partial charge is 0.255 e. The van der Waals surface area contributed by atoms with Crippen LogP contribution in [0.15, 0.2) is 35.2 Å². The molecule has 3 N–H and O–H groups in total. The van der Waals surface area contributed by atoms with Crippen molar-refractivity contribution in [3.63, 3.8) is 0 Å². The largest absolute Gasteiger partial charge is 0.390 e. The lowest BCUT2D eigenvalue weighted by Crippen LogP contribution is -2.51. The van der Waals surface area contributed by atoms with Crippen LogP contribution in [0.1, 0.15) is 43.5 Å². The van der Waals surface area contributed by atoms with Gasteiger partial charge in [0.1, 0.15) is 0 Å². The van der Waals surface area contributed by atoms with E-state index in [-0.39, 0.29) is 39.9 Å². The molecule has 0 spiro atoms. The summed E-state index contributed by atoms with van der Waals surface area (Å²) in [5.41, 5.74) is -1.85. The van der Waals surface area contributed by atoms with Gasteiger partial charge in [-0.1, -0.05) is 18.5 Å². The number of carbonyl (C=O) groups is 1. The summed E-state index contributed by atoms with van der Waals surface area (Å²) in [4.78, 5) is 12.4. The molecule has 2 aromatic rings. The lowest BCUT2D eigenvalue weighted by Gasteiger charge is -2.43. The van der Waals surface area contributed by atoms with Gasteiger partial charge in [-0.15, -0.1) is 0 Å². The highest BCUT2D eigenvalue weighted by molar-refractivity contribution is 7.92. The van der Waals surface area contributed by atoms with Crippen LogP contribution < -0.4 is 5.32 Å². The summed E-state index contributed by atoms with van der Waals surface area (Å²) in [6.45, 7) is 3.39. The number of hydrogen-bond acceptors (Lipinski definition) is 5. The second kappa shape index (κ2) is 9.06. The number of halogens is 4. The summed E-state index contributed by atoms with van der Waals surface area (Å²) < 4.78 is 67.7. The maximum Gasteiger partial charge on any atom is 0.255 e. The number of anilines is 1. The van der Waals surface area contributed by atoms with Gasteiger partial charge in [-0.2, -0.15) is 0 Å². The number of benzene rings is 2. The fourth-order valence-corrected chi connectivity index (χ4v) is 8.49. The van der Waals surface area contributed by atoms with E-state index in [0.29, 0.717) is 18.6 Å². The van der Waals surface area contributed by atoms with Crippen molar-refractivity contribution >= 4 is 33.0 Å². The molecule has 0 aliphatic heterocycles. The van der Waals surface area contributed by atoms with Crippen molar-refractivity contribution in [3.05, 3.63) is 58.4 Å². The lowest BCUT2D eigenvalue weighted by atomic mass is 9.74. The van der Waals surface area contributed by atoms with Crippen molar-refractivity contribution in [2.24, 2.45) is 17.8 Å². The average Bonchev–Trinajstić information content (AvgIpc) is 2.99. The molecule has 2 bridgehead atoms. The number of aliphatic hydroxyl groups excluding tert-OH is 1. The number of rotatable bonds is 5. The van der Waals surface area contributed by atoms with Gasteiger partial charge in [0.05, 0.1) is 26.9 Å². The third kappa shape index (κ3) is 4.57. The highest BCUT2D eigenvalue weighted by Gasteiger charge is 2.58.